The number of fused-ring (bicyclic) bond motifs is 1. The number of hydrogen-bond donors (Lipinski definition) is 3. The van der Waals surface area contributed by atoms with Crippen molar-refractivity contribution < 1.29 is 36.0 Å². The van der Waals surface area contributed by atoms with Gasteiger partial charge in [0.25, 0.3) is 5.60 Å². The van der Waals surface area contributed by atoms with E-state index in [2.05, 4.69) is 10.1 Å². The summed E-state index contributed by atoms with van der Waals surface area (Å²) in [5.41, 5.74) is 1.96. The number of aliphatic hydroxyl groups is 1. The van der Waals surface area contributed by atoms with Gasteiger partial charge in [0.15, 0.2) is 0 Å². The van der Waals surface area contributed by atoms with E-state index in [1.54, 1.807) is 6.20 Å². The molecule has 2 aromatic heterocycles. The Labute approximate surface area is 176 Å². The summed E-state index contributed by atoms with van der Waals surface area (Å²) in [5, 5.41) is 14.4. The Balaban J connectivity index is 1.72. The zero-order valence-corrected chi connectivity index (χ0v) is 16.1. The number of rotatable bonds is 4. The Morgan fingerprint density at radius 2 is 1.56 bits per heavy atom. The van der Waals surface area contributed by atoms with E-state index >= 15 is 0 Å². The minimum atomic E-state index is -5.97. The average Bonchev–Trinajstić information content (AvgIpc) is 3.30. The second kappa shape index (κ2) is 7.30. The van der Waals surface area contributed by atoms with Crippen LogP contribution in [0.1, 0.15) is 16.8 Å². The first-order valence-corrected chi connectivity index (χ1v) is 9.19. The number of alkyl halides is 6. The molecule has 2 heterocycles. The van der Waals surface area contributed by atoms with Crippen molar-refractivity contribution >= 4 is 16.8 Å². The molecule has 5 nitrogen and oxygen atoms in total. The van der Waals surface area contributed by atoms with Gasteiger partial charge in [0.1, 0.15) is 0 Å². The first-order chi connectivity index (χ1) is 14.9. The molecule has 0 saturated heterocycles. The molecule has 0 amide bonds. The molecule has 4 rings (SSSR count). The van der Waals surface area contributed by atoms with Gasteiger partial charge in [-0.3, -0.25) is 0 Å². The van der Waals surface area contributed by atoms with Crippen molar-refractivity contribution in [2.75, 3.05) is 5.73 Å². The van der Waals surface area contributed by atoms with Crippen LogP contribution in [0, 0.1) is 0 Å². The van der Waals surface area contributed by atoms with E-state index in [0.717, 1.165) is 28.6 Å². The van der Waals surface area contributed by atoms with Crippen molar-refractivity contribution in [2.24, 2.45) is 0 Å². The third-order valence-corrected chi connectivity index (χ3v) is 5.23. The number of anilines is 1. The van der Waals surface area contributed by atoms with E-state index in [4.69, 9.17) is 10.3 Å². The minimum Gasteiger partial charge on any atom is -0.369 e. The van der Waals surface area contributed by atoms with Crippen LogP contribution in [-0.2, 0) is 12.0 Å². The number of nitrogens with zero attached hydrogens (tertiary/aromatic N) is 1. The largest absolute Gasteiger partial charge is 0.430 e. The van der Waals surface area contributed by atoms with Crippen molar-refractivity contribution in [2.45, 2.75) is 24.4 Å². The molecule has 0 radical (unpaired) electrons. The third kappa shape index (κ3) is 3.38. The van der Waals surface area contributed by atoms with Gasteiger partial charge in [0, 0.05) is 29.1 Å². The summed E-state index contributed by atoms with van der Waals surface area (Å²) in [6.45, 7) is 0. The molecule has 0 aliphatic rings. The van der Waals surface area contributed by atoms with Crippen LogP contribution in [-0.4, -0.2) is 27.6 Å². The van der Waals surface area contributed by atoms with Gasteiger partial charge in [-0.25, -0.2) is 0 Å². The molecule has 0 unspecified atom stereocenters. The van der Waals surface area contributed by atoms with Crippen molar-refractivity contribution in [3.63, 3.8) is 0 Å². The van der Waals surface area contributed by atoms with Crippen LogP contribution in [0.5, 0.6) is 0 Å². The molecule has 11 heteroatoms. The fourth-order valence-corrected chi connectivity index (χ4v) is 3.59. The molecule has 0 aliphatic carbocycles. The highest BCUT2D eigenvalue weighted by molar-refractivity contribution is 5.84. The standard InChI is InChI=1S/C21H15F6N3O2/c22-20(23,24)19(31,21(25,26)27)13-7-5-11(6-8-13)17-16(30-32-18(17)28)9-12-10-29-15-4-2-1-3-14(12)15/h1-8,10,29,31H,9,28H2. The molecule has 4 aromatic rings. The monoisotopic (exact) mass is 455 g/mol. The minimum absolute atomic E-state index is 0.144. The molecule has 0 spiro atoms. The maximum absolute atomic E-state index is 13.1. The highest BCUT2D eigenvalue weighted by atomic mass is 19.4. The predicted molar refractivity (Wildman–Crippen MR) is 103 cm³/mol. The Morgan fingerprint density at radius 1 is 0.938 bits per heavy atom. The fourth-order valence-electron chi connectivity index (χ4n) is 3.59. The maximum Gasteiger partial charge on any atom is 0.430 e. The Hall–Kier alpha value is -3.47. The molecule has 0 atom stereocenters. The van der Waals surface area contributed by atoms with E-state index in [9.17, 15) is 31.4 Å². The molecular weight excluding hydrogens is 440 g/mol. The zero-order chi connectivity index (χ0) is 23.3. The number of aromatic nitrogens is 2. The molecule has 32 heavy (non-hydrogen) atoms. The summed E-state index contributed by atoms with van der Waals surface area (Å²) in [4.78, 5) is 3.10. The number of nitrogens with two attached hydrogens (primary N) is 1. The van der Waals surface area contributed by atoms with Crippen LogP contribution < -0.4 is 5.73 Å². The second-order valence-electron chi connectivity index (χ2n) is 7.19. The van der Waals surface area contributed by atoms with Gasteiger partial charge in [-0.15, -0.1) is 0 Å². The fraction of sp³-hybridized carbons (Fsp3) is 0.190. The molecule has 2 aromatic carbocycles. The number of para-hydroxylation sites is 1. The Morgan fingerprint density at radius 3 is 2.19 bits per heavy atom. The van der Waals surface area contributed by atoms with Crippen molar-refractivity contribution in [1.29, 1.82) is 0 Å². The van der Waals surface area contributed by atoms with Crippen molar-refractivity contribution in [3.8, 4) is 11.1 Å². The molecule has 0 aliphatic heterocycles. The maximum atomic E-state index is 13.1. The van der Waals surface area contributed by atoms with Crippen molar-refractivity contribution in [1.82, 2.24) is 10.1 Å². The van der Waals surface area contributed by atoms with Crippen LogP contribution >= 0.6 is 0 Å². The zero-order valence-electron chi connectivity index (χ0n) is 16.1. The summed E-state index contributed by atoms with van der Waals surface area (Å²) in [7, 11) is 0. The van der Waals surface area contributed by atoms with Gasteiger partial charge >= 0.3 is 12.4 Å². The quantitative estimate of drug-likeness (QED) is 0.364. The number of H-pyrrole nitrogens is 1. The number of nitrogen functional groups attached to an aromatic ring is 1. The third-order valence-electron chi connectivity index (χ3n) is 5.23. The van der Waals surface area contributed by atoms with Gasteiger partial charge in [-0.05, 0) is 17.2 Å². The summed E-state index contributed by atoms with van der Waals surface area (Å²) in [6.07, 6.45) is -9.93. The van der Waals surface area contributed by atoms with Gasteiger partial charge < -0.3 is 20.3 Å². The second-order valence-corrected chi connectivity index (χ2v) is 7.19. The van der Waals surface area contributed by atoms with E-state index < -0.39 is 23.5 Å². The highest BCUT2D eigenvalue weighted by Gasteiger charge is 2.71. The van der Waals surface area contributed by atoms with Gasteiger partial charge in [-0.1, -0.05) is 47.6 Å². The van der Waals surface area contributed by atoms with Crippen LogP contribution in [0.25, 0.3) is 22.0 Å². The summed E-state index contributed by atoms with van der Waals surface area (Å²) >= 11 is 0. The smallest absolute Gasteiger partial charge is 0.369 e. The Kier molecular flexibility index (Phi) is 4.96. The van der Waals surface area contributed by atoms with Gasteiger partial charge in [0.2, 0.25) is 5.88 Å². The van der Waals surface area contributed by atoms with Crippen LogP contribution in [0.3, 0.4) is 0 Å². The lowest BCUT2D eigenvalue weighted by Crippen LogP contribution is -2.53. The lowest BCUT2D eigenvalue weighted by molar-refractivity contribution is -0.376. The Bertz CT molecular complexity index is 1240. The van der Waals surface area contributed by atoms with E-state index in [1.807, 2.05) is 24.3 Å². The molecule has 0 bridgehead atoms. The molecule has 168 valence electrons. The highest BCUT2D eigenvalue weighted by Crippen LogP contribution is 2.50. The van der Waals surface area contributed by atoms with Gasteiger partial charge in [-0.2, -0.15) is 26.3 Å². The van der Waals surface area contributed by atoms with Crippen LogP contribution in [0.4, 0.5) is 32.2 Å². The first kappa shape index (κ1) is 21.8. The SMILES string of the molecule is Nc1onc(Cc2c[nH]c3ccccc23)c1-c1ccc(C(O)(C(F)(F)F)C(F)(F)F)cc1. The average molecular weight is 455 g/mol. The van der Waals surface area contributed by atoms with Crippen LogP contribution in [0.2, 0.25) is 0 Å². The number of benzene rings is 2. The van der Waals surface area contributed by atoms with E-state index in [0.29, 0.717) is 17.8 Å². The van der Waals surface area contributed by atoms with Crippen molar-refractivity contribution in [3.05, 3.63) is 71.5 Å². The molecule has 0 saturated carbocycles. The molecule has 4 N–H and O–H groups in total. The summed E-state index contributed by atoms with van der Waals surface area (Å²) in [5.74, 6) is -0.144. The number of nitrogens with one attached hydrogen (secondary N) is 1. The topological polar surface area (TPSA) is 88.1 Å². The molecule has 0 fully saturated rings. The van der Waals surface area contributed by atoms with Crippen LogP contribution in [0.15, 0.2) is 59.3 Å². The normalized spacial score (nSPS) is 13.1. The summed E-state index contributed by atoms with van der Waals surface area (Å²) in [6, 6.07) is 10.6. The lowest BCUT2D eigenvalue weighted by atomic mass is 9.90. The lowest BCUT2D eigenvalue weighted by Gasteiger charge is -2.32. The summed E-state index contributed by atoms with van der Waals surface area (Å²) < 4.78 is 83.7. The van der Waals surface area contributed by atoms with E-state index in [-0.39, 0.29) is 23.4 Å². The predicted octanol–water partition coefficient (Wildman–Crippen LogP) is 5.31. The van der Waals surface area contributed by atoms with Gasteiger partial charge in [0.05, 0.1) is 11.3 Å². The first-order valence-electron chi connectivity index (χ1n) is 9.19. The van der Waals surface area contributed by atoms with E-state index in [1.165, 1.54) is 0 Å². The number of aromatic amines is 1. The molecular formula is C21H15F6N3O2. The number of hydrogen-bond acceptors (Lipinski definition) is 4. The number of halogens is 6.